The van der Waals surface area contributed by atoms with Gasteiger partial charge in [0.15, 0.2) is 13.2 Å². The molecule has 0 aromatic heterocycles. The predicted octanol–water partition coefficient (Wildman–Crippen LogP) is 4.12. The van der Waals surface area contributed by atoms with Crippen molar-refractivity contribution >= 4 is 40.8 Å². The van der Waals surface area contributed by atoms with Crippen molar-refractivity contribution < 1.29 is 19.1 Å². The second-order valence-electron chi connectivity index (χ2n) is 5.12. The monoisotopic (exact) mass is 381 g/mol. The van der Waals surface area contributed by atoms with Crippen molar-refractivity contribution in [3.05, 3.63) is 58.1 Å². The van der Waals surface area contributed by atoms with Gasteiger partial charge in [-0.05, 0) is 42.3 Å². The van der Waals surface area contributed by atoms with Crippen LogP contribution in [0.5, 0.6) is 5.75 Å². The number of esters is 1. The van der Waals surface area contributed by atoms with Gasteiger partial charge in [-0.15, -0.1) is 0 Å². The standard InChI is InChI=1S/C18H17Cl2NO4/c1-2-12-3-6-14(7-4-12)21-17(22)10-25-18(23)11-24-16-8-5-13(19)9-15(16)20/h3-9H,2,10-11H2,1H3,(H,21,22). The molecule has 2 aromatic rings. The second-order valence-corrected chi connectivity index (χ2v) is 5.97. The zero-order valence-electron chi connectivity index (χ0n) is 13.6. The Labute approximate surface area is 155 Å². The first kappa shape index (κ1) is 19.1. The summed E-state index contributed by atoms with van der Waals surface area (Å²) in [5.74, 6) is -0.798. The number of carbonyl (C=O) groups excluding carboxylic acids is 2. The zero-order valence-corrected chi connectivity index (χ0v) is 15.1. The molecule has 0 radical (unpaired) electrons. The van der Waals surface area contributed by atoms with Gasteiger partial charge in [-0.3, -0.25) is 4.79 Å². The lowest BCUT2D eigenvalue weighted by atomic mass is 10.1. The molecule has 1 amide bonds. The molecule has 0 saturated carbocycles. The molecule has 0 atom stereocenters. The van der Waals surface area contributed by atoms with E-state index >= 15 is 0 Å². The molecular formula is C18H17Cl2NO4. The van der Waals surface area contributed by atoms with Gasteiger partial charge in [-0.2, -0.15) is 0 Å². The highest BCUT2D eigenvalue weighted by atomic mass is 35.5. The van der Waals surface area contributed by atoms with E-state index in [4.69, 9.17) is 32.7 Å². The molecule has 0 bridgehead atoms. The summed E-state index contributed by atoms with van der Waals surface area (Å²) < 4.78 is 10.1. The minimum Gasteiger partial charge on any atom is -0.480 e. The lowest BCUT2D eigenvalue weighted by molar-refractivity contribution is -0.149. The number of carbonyl (C=O) groups is 2. The molecule has 2 aromatic carbocycles. The summed E-state index contributed by atoms with van der Waals surface area (Å²) >= 11 is 11.7. The van der Waals surface area contributed by atoms with Crippen molar-refractivity contribution in [2.24, 2.45) is 0 Å². The van der Waals surface area contributed by atoms with Crippen LogP contribution in [0, 0.1) is 0 Å². The van der Waals surface area contributed by atoms with Crippen molar-refractivity contribution in [3.8, 4) is 5.75 Å². The molecule has 5 nitrogen and oxygen atoms in total. The van der Waals surface area contributed by atoms with E-state index in [9.17, 15) is 9.59 Å². The van der Waals surface area contributed by atoms with Gasteiger partial charge in [-0.1, -0.05) is 42.3 Å². The molecule has 2 rings (SSSR count). The van der Waals surface area contributed by atoms with Crippen molar-refractivity contribution in [1.29, 1.82) is 0 Å². The fraction of sp³-hybridized carbons (Fsp3) is 0.222. The maximum Gasteiger partial charge on any atom is 0.344 e. The summed E-state index contributed by atoms with van der Waals surface area (Å²) in [4.78, 5) is 23.4. The molecule has 7 heteroatoms. The SMILES string of the molecule is CCc1ccc(NC(=O)COC(=O)COc2ccc(Cl)cc2Cl)cc1. The highest BCUT2D eigenvalue weighted by molar-refractivity contribution is 6.35. The third-order valence-electron chi connectivity index (χ3n) is 3.25. The Morgan fingerprint density at radius 2 is 1.76 bits per heavy atom. The summed E-state index contributed by atoms with van der Waals surface area (Å²) in [6, 6.07) is 12.1. The Balaban J connectivity index is 1.74. The van der Waals surface area contributed by atoms with Crippen LogP contribution in [0.4, 0.5) is 5.69 Å². The van der Waals surface area contributed by atoms with E-state index in [0.29, 0.717) is 16.5 Å². The number of hydrogen-bond acceptors (Lipinski definition) is 4. The van der Waals surface area contributed by atoms with Gasteiger partial charge in [-0.25, -0.2) is 4.79 Å². The number of nitrogens with one attached hydrogen (secondary N) is 1. The lowest BCUT2D eigenvalue weighted by Crippen LogP contribution is -2.23. The van der Waals surface area contributed by atoms with Crippen LogP contribution in [0.1, 0.15) is 12.5 Å². The van der Waals surface area contributed by atoms with Crippen LogP contribution in [0.25, 0.3) is 0 Å². The smallest absolute Gasteiger partial charge is 0.344 e. The van der Waals surface area contributed by atoms with E-state index in [-0.39, 0.29) is 11.6 Å². The first-order valence-corrected chi connectivity index (χ1v) is 8.35. The van der Waals surface area contributed by atoms with Crippen LogP contribution < -0.4 is 10.1 Å². The van der Waals surface area contributed by atoms with E-state index in [0.717, 1.165) is 6.42 Å². The second kappa shape index (κ2) is 9.30. The molecule has 0 saturated heterocycles. The van der Waals surface area contributed by atoms with Gasteiger partial charge in [0.2, 0.25) is 0 Å². The van der Waals surface area contributed by atoms with Gasteiger partial charge >= 0.3 is 5.97 Å². The van der Waals surface area contributed by atoms with Crippen molar-refractivity contribution in [2.75, 3.05) is 18.5 Å². The van der Waals surface area contributed by atoms with E-state index in [2.05, 4.69) is 5.32 Å². The third-order valence-corrected chi connectivity index (χ3v) is 3.78. The quantitative estimate of drug-likeness (QED) is 0.732. The van der Waals surface area contributed by atoms with Gasteiger partial charge in [0.05, 0.1) is 5.02 Å². The van der Waals surface area contributed by atoms with Crippen molar-refractivity contribution in [1.82, 2.24) is 0 Å². The normalized spacial score (nSPS) is 10.2. The van der Waals surface area contributed by atoms with Gasteiger partial charge < -0.3 is 14.8 Å². The van der Waals surface area contributed by atoms with Gasteiger partial charge in [0.25, 0.3) is 5.91 Å². The maximum atomic E-state index is 11.8. The number of anilines is 1. The highest BCUT2D eigenvalue weighted by Gasteiger charge is 2.10. The van der Waals surface area contributed by atoms with Crippen LogP contribution in [0.15, 0.2) is 42.5 Å². The van der Waals surface area contributed by atoms with E-state index < -0.39 is 18.5 Å². The Bertz CT molecular complexity index is 747. The minimum atomic E-state index is -0.678. The molecule has 1 N–H and O–H groups in total. The summed E-state index contributed by atoms with van der Waals surface area (Å²) in [5, 5.41) is 3.39. The molecule has 0 spiro atoms. The molecular weight excluding hydrogens is 365 g/mol. The fourth-order valence-corrected chi connectivity index (χ4v) is 2.40. The largest absolute Gasteiger partial charge is 0.480 e. The van der Waals surface area contributed by atoms with Crippen LogP contribution in [-0.2, 0) is 20.7 Å². The minimum absolute atomic E-state index is 0.286. The van der Waals surface area contributed by atoms with Crippen LogP contribution in [0.3, 0.4) is 0 Å². The third kappa shape index (κ3) is 6.29. The van der Waals surface area contributed by atoms with Gasteiger partial charge in [0.1, 0.15) is 5.75 Å². The van der Waals surface area contributed by atoms with Crippen molar-refractivity contribution in [2.45, 2.75) is 13.3 Å². The van der Waals surface area contributed by atoms with E-state index in [1.165, 1.54) is 11.6 Å². The molecule has 0 heterocycles. The summed E-state index contributed by atoms with van der Waals surface area (Å²) in [5.41, 5.74) is 1.81. The molecule has 0 unspecified atom stereocenters. The topological polar surface area (TPSA) is 64.6 Å². The number of benzene rings is 2. The maximum absolute atomic E-state index is 11.8. The Hall–Kier alpha value is -2.24. The number of rotatable bonds is 7. The van der Waals surface area contributed by atoms with E-state index in [1.54, 1.807) is 24.3 Å². The average molecular weight is 382 g/mol. The highest BCUT2D eigenvalue weighted by Crippen LogP contribution is 2.27. The fourth-order valence-electron chi connectivity index (χ4n) is 1.94. The molecule has 0 aliphatic carbocycles. The molecule has 0 aliphatic rings. The van der Waals surface area contributed by atoms with E-state index in [1.807, 2.05) is 19.1 Å². The molecule has 0 aliphatic heterocycles. The average Bonchev–Trinajstić information content (AvgIpc) is 2.60. The lowest BCUT2D eigenvalue weighted by Gasteiger charge is -2.09. The zero-order chi connectivity index (χ0) is 18.2. The number of halogens is 2. The number of amides is 1. The Morgan fingerprint density at radius 3 is 2.40 bits per heavy atom. The van der Waals surface area contributed by atoms with Crippen LogP contribution in [-0.4, -0.2) is 25.1 Å². The number of hydrogen-bond donors (Lipinski definition) is 1. The Morgan fingerprint density at radius 1 is 1.04 bits per heavy atom. The van der Waals surface area contributed by atoms with Crippen molar-refractivity contribution in [3.63, 3.8) is 0 Å². The summed E-state index contributed by atoms with van der Waals surface area (Å²) in [7, 11) is 0. The first-order chi connectivity index (χ1) is 12.0. The van der Waals surface area contributed by atoms with Gasteiger partial charge in [0, 0.05) is 10.7 Å². The molecule has 132 valence electrons. The first-order valence-electron chi connectivity index (χ1n) is 7.60. The Kier molecular flexibility index (Phi) is 7.10. The van der Waals surface area contributed by atoms with Crippen LogP contribution >= 0.6 is 23.2 Å². The molecule has 25 heavy (non-hydrogen) atoms. The summed E-state index contributed by atoms with van der Waals surface area (Å²) in [6.07, 6.45) is 0.920. The summed E-state index contributed by atoms with van der Waals surface area (Å²) in [6.45, 7) is 1.29. The number of aryl methyl sites for hydroxylation is 1. The number of ether oxygens (including phenoxy) is 2. The van der Waals surface area contributed by atoms with Crippen LogP contribution in [0.2, 0.25) is 10.0 Å². The predicted molar refractivity (Wildman–Crippen MR) is 97.4 cm³/mol. The molecule has 0 fully saturated rings.